The molecular weight excluding hydrogens is 276 g/mol. The molecule has 0 radical (unpaired) electrons. The summed E-state index contributed by atoms with van der Waals surface area (Å²) in [6.07, 6.45) is 6.82. The fraction of sp³-hybridized carbons (Fsp3) is 0.632. The molecule has 1 saturated heterocycles. The quantitative estimate of drug-likeness (QED) is 0.769. The molecule has 0 aromatic heterocycles. The molecule has 0 amide bonds. The van der Waals surface area contributed by atoms with Crippen LogP contribution in [0.1, 0.15) is 61.6 Å². The number of aryl methyl sites for hydroxylation is 1. The van der Waals surface area contributed by atoms with E-state index in [1.54, 1.807) is 0 Å². The number of carbonyl (C=O) groups excluding carboxylic acids is 1. The fourth-order valence-corrected chi connectivity index (χ4v) is 4.16. The zero-order valence-electron chi connectivity index (χ0n) is 13.6. The highest BCUT2D eigenvalue weighted by Crippen LogP contribution is 2.40. The lowest BCUT2D eigenvalue weighted by molar-refractivity contribution is -0.150. The van der Waals surface area contributed by atoms with E-state index in [0.717, 1.165) is 11.8 Å². The van der Waals surface area contributed by atoms with Crippen molar-refractivity contribution in [1.29, 1.82) is 0 Å². The molecule has 0 N–H and O–H groups in total. The molecular formula is C19H26O3. The predicted molar refractivity (Wildman–Crippen MR) is 85.8 cm³/mol. The van der Waals surface area contributed by atoms with Gasteiger partial charge in [0.1, 0.15) is 6.29 Å². The van der Waals surface area contributed by atoms with Crippen LogP contribution in [0, 0.1) is 12.8 Å². The largest absolute Gasteiger partial charge is 0.344 e. The second kappa shape index (κ2) is 6.51. The van der Waals surface area contributed by atoms with Crippen LogP contribution in [0.3, 0.4) is 0 Å². The molecule has 1 aliphatic heterocycles. The van der Waals surface area contributed by atoms with Gasteiger partial charge in [0, 0.05) is 12.0 Å². The minimum Gasteiger partial charge on any atom is -0.344 e. The second-order valence-electron chi connectivity index (χ2n) is 6.77. The third kappa shape index (κ3) is 2.97. The Morgan fingerprint density at radius 3 is 2.55 bits per heavy atom. The first kappa shape index (κ1) is 15.7. The highest BCUT2D eigenvalue weighted by molar-refractivity contribution is 5.52. The van der Waals surface area contributed by atoms with E-state index in [0.29, 0.717) is 31.5 Å². The van der Waals surface area contributed by atoms with E-state index in [2.05, 4.69) is 25.1 Å². The molecule has 0 spiro atoms. The Hall–Kier alpha value is -1.19. The van der Waals surface area contributed by atoms with E-state index >= 15 is 0 Å². The Morgan fingerprint density at radius 2 is 1.95 bits per heavy atom. The normalized spacial score (nSPS) is 22.8. The predicted octanol–water partition coefficient (Wildman–Crippen LogP) is 4.08. The number of aldehydes is 1. The van der Waals surface area contributed by atoms with Crippen molar-refractivity contribution in [3.8, 4) is 0 Å². The average molecular weight is 302 g/mol. The number of rotatable bonds is 5. The van der Waals surface area contributed by atoms with Crippen molar-refractivity contribution in [3.63, 3.8) is 0 Å². The zero-order valence-corrected chi connectivity index (χ0v) is 13.6. The smallest absolute Gasteiger partial charge is 0.192 e. The molecule has 1 aromatic carbocycles. The van der Waals surface area contributed by atoms with Gasteiger partial charge in [-0.1, -0.05) is 31.0 Å². The van der Waals surface area contributed by atoms with Crippen LogP contribution in [-0.2, 0) is 20.1 Å². The molecule has 1 aliphatic carbocycles. The molecule has 2 fully saturated rings. The molecule has 1 heterocycles. The maximum atomic E-state index is 11.1. The van der Waals surface area contributed by atoms with E-state index in [-0.39, 0.29) is 0 Å². The van der Waals surface area contributed by atoms with E-state index in [4.69, 9.17) is 9.47 Å². The van der Waals surface area contributed by atoms with Crippen LogP contribution in [0.25, 0.3) is 0 Å². The van der Waals surface area contributed by atoms with Crippen LogP contribution < -0.4 is 0 Å². The summed E-state index contributed by atoms with van der Waals surface area (Å²) in [5.74, 6) is 0.409. The van der Waals surface area contributed by atoms with Gasteiger partial charge in [-0.3, -0.25) is 0 Å². The number of hydrogen-bond donors (Lipinski definition) is 0. The van der Waals surface area contributed by atoms with E-state index in [1.165, 1.54) is 36.8 Å². The van der Waals surface area contributed by atoms with Gasteiger partial charge < -0.3 is 14.3 Å². The number of ether oxygens (including phenoxy) is 2. The topological polar surface area (TPSA) is 35.5 Å². The highest BCUT2D eigenvalue weighted by atomic mass is 16.7. The summed E-state index contributed by atoms with van der Waals surface area (Å²) in [6.45, 7) is 5.39. The molecule has 0 bridgehead atoms. The Morgan fingerprint density at radius 1 is 1.27 bits per heavy atom. The van der Waals surface area contributed by atoms with Crippen molar-refractivity contribution >= 4 is 6.29 Å². The number of carbonyl (C=O) groups is 1. The molecule has 1 saturated carbocycles. The number of hydrogen-bond acceptors (Lipinski definition) is 3. The van der Waals surface area contributed by atoms with Crippen LogP contribution in [0.4, 0.5) is 0 Å². The molecule has 3 nitrogen and oxygen atoms in total. The van der Waals surface area contributed by atoms with Gasteiger partial charge in [0.05, 0.1) is 13.2 Å². The van der Waals surface area contributed by atoms with Gasteiger partial charge in [-0.25, -0.2) is 0 Å². The summed E-state index contributed by atoms with van der Waals surface area (Å²) in [6, 6.07) is 6.53. The molecule has 3 rings (SSSR count). The second-order valence-corrected chi connectivity index (χ2v) is 6.77. The summed E-state index contributed by atoms with van der Waals surface area (Å²) >= 11 is 0. The Kier molecular flexibility index (Phi) is 4.65. The lowest BCUT2D eigenvalue weighted by Gasteiger charge is -2.27. The van der Waals surface area contributed by atoms with E-state index < -0.39 is 5.79 Å². The summed E-state index contributed by atoms with van der Waals surface area (Å²) in [7, 11) is 0. The molecule has 120 valence electrons. The van der Waals surface area contributed by atoms with Crippen molar-refractivity contribution in [1.82, 2.24) is 0 Å². The lowest BCUT2D eigenvalue weighted by atomic mass is 9.81. The summed E-state index contributed by atoms with van der Waals surface area (Å²) in [5.41, 5.74) is 3.59. The van der Waals surface area contributed by atoms with Gasteiger partial charge in [0.25, 0.3) is 0 Å². The standard InChI is InChI=1S/C19H26O3/c1-14-13-16(17(9-10-20)15-5-3-4-6-15)7-8-18(14)19(2)21-11-12-22-19/h7-8,10,13,15,17H,3-6,9,11-12H2,1-2H3. The monoisotopic (exact) mass is 302 g/mol. The van der Waals surface area contributed by atoms with Crippen molar-refractivity contribution in [3.05, 3.63) is 34.9 Å². The van der Waals surface area contributed by atoms with E-state index in [1.807, 2.05) is 6.92 Å². The molecule has 1 atom stereocenters. The van der Waals surface area contributed by atoms with Gasteiger partial charge in [0.2, 0.25) is 0 Å². The first-order valence-corrected chi connectivity index (χ1v) is 8.46. The summed E-state index contributed by atoms with van der Waals surface area (Å²) < 4.78 is 11.6. The number of benzene rings is 1. The van der Waals surface area contributed by atoms with Gasteiger partial charge >= 0.3 is 0 Å². The van der Waals surface area contributed by atoms with Crippen molar-refractivity contribution in [2.75, 3.05) is 13.2 Å². The molecule has 22 heavy (non-hydrogen) atoms. The SMILES string of the molecule is Cc1cc(C(CC=O)C2CCCC2)ccc1C1(C)OCCO1. The van der Waals surface area contributed by atoms with Crippen molar-refractivity contribution in [2.24, 2.45) is 5.92 Å². The molecule has 1 aromatic rings. The van der Waals surface area contributed by atoms with E-state index in [9.17, 15) is 4.79 Å². The highest BCUT2D eigenvalue weighted by Gasteiger charge is 2.35. The van der Waals surface area contributed by atoms with Gasteiger partial charge in [-0.15, -0.1) is 0 Å². The molecule has 2 aliphatic rings. The molecule has 1 unspecified atom stereocenters. The Labute approximate surface area is 133 Å². The van der Waals surface area contributed by atoms with Crippen LogP contribution in [-0.4, -0.2) is 19.5 Å². The van der Waals surface area contributed by atoms with Crippen LogP contribution >= 0.6 is 0 Å². The van der Waals surface area contributed by atoms with Gasteiger partial charge in [-0.2, -0.15) is 0 Å². The maximum Gasteiger partial charge on any atom is 0.192 e. The van der Waals surface area contributed by atoms with Crippen molar-refractivity contribution in [2.45, 2.75) is 57.7 Å². The fourth-order valence-electron chi connectivity index (χ4n) is 4.16. The maximum absolute atomic E-state index is 11.1. The summed E-state index contributed by atoms with van der Waals surface area (Å²) in [5, 5.41) is 0. The minimum absolute atomic E-state index is 0.367. The van der Waals surface area contributed by atoms with Crippen LogP contribution in [0.15, 0.2) is 18.2 Å². The Balaban J connectivity index is 1.87. The van der Waals surface area contributed by atoms with Gasteiger partial charge in [0.15, 0.2) is 5.79 Å². The van der Waals surface area contributed by atoms with Gasteiger partial charge in [-0.05, 0) is 49.7 Å². The minimum atomic E-state index is -0.615. The third-order valence-corrected chi connectivity index (χ3v) is 5.33. The zero-order chi connectivity index (χ0) is 15.6. The summed E-state index contributed by atoms with van der Waals surface area (Å²) in [4.78, 5) is 11.1. The Bertz CT molecular complexity index is 525. The first-order valence-electron chi connectivity index (χ1n) is 8.46. The first-order chi connectivity index (χ1) is 10.6. The third-order valence-electron chi connectivity index (χ3n) is 5.33. The van der Waals surface area contributed by atoms with Crippen LogP contribution in [0.2, 0.25) is 0 Å². The van der Waals surface area contributed by atoms with Crippen LogP contribution in [0.5, 0.6) is 0 Å². The average Bonchev–Trinajstić information content (AvgIpc) is 3.16. The van der Waals surface area contributed by atoms with Crippen molar-refractivity contribution < 1.29 is 14.3 Å². The lowest BCUT2D eigenvalue weighted by Crippen LogP contribution is -2.24. The molecule has 3 heteroatoms.